The molecule has 0 amide bonds. The third-order valence-corrected chi connectivity index (χ3v) is 2.15. The minimum Gasteiger partial charge on any atom is -0.391 e. The molecule has 4 heteroatoms. The van der Waals surface area contributed by atoms with Crippen LogP contribution in [-0.4, -0.2) is 41.8 Å². The van der Waals surface area contributed by atoms with Gasteiger partial charge in [-0.15, -0.1) is 12.4 Å². The molecule has 1 rings (SSSR count). The highest BCUT2D eigenvalue weighted by atomic mass is 35.5. The number of hydrogen-bond acceptors (Lipinski definition) is 3. The first-order chi connectivity index (χ1) is 4.74. The van der Waals surface area contributed by atoms with Gasteiger partial charge in [0, 0.05) is 19.1 Å². The van der Waals surface area contributed by atoms with Crippen molar-refractivity contribution in [1.82, 2.24) is 4.90 Å². The van der Waals surface area contributed by atoms with Crippen LogP contribution in [-0.2, 0) is 0 Å². The van der Waals surface area contributed by atoms with Gasteiger partial charge in [-0.3, -0.25) is 0 Å². The van der Waals surface area contributed by atoms with Gasteiger partial charge in [0.15, 0.2) is 0 Å². The highest BCUT2D eigenvalue weighted by Crippen LogP contribution is 2.07. The molecule has 0 aliphatic carbocycles. The molecular weight excluding hydrogens is 164 g/mol. The summed E-state index contributed by atoms with van der Waals surface area (Å²) >= 11 is 0. The van der Waals surface area contributed by atoms with E-state index in [1.807, 2.05) is 0 Å². The first kappa shape index (κ1) is 11.2. The largest absolute Gasteiger partial charge is 0.391 e. The summed E-state index contributed by atoms with van der Waals surface area (Å²) in [5.74, 6) is 0. The fourth-order valence-corrected chi connectivity index (χ4v) is 1.33. The molecule has 3 nitrogen and oxygen atoms in total. The molecule has 2 unspecified atom stereocenters. The fraction of sp³-hybridized carbons (Fsp3) is 1.00. The van der Waals surface area contributed by atoms with Crippen molar-refractivity contribution in [3.63, 3.8) is 0 Å². The Labute approximate surface area is 74.0 Å². The minimum absolute atomic E-state index is 0. The van der Waals surface area contributed by atoms with Gasteiger partial charge in [-0.1, -0.05) is 6.92 Å². The zero-order valence-electron chi connectivity index (χ0n) is 6.86. The zero-order valence-corrected chi connectivity index (χ0v) is 7.68. The number of nitrogens with zero attached hydrogens (tertiary/aromatic N) is 1. The van der Waals surface area contributed by atoms with E-state index in [2.05, 4.69) is 11.8 Å². The molecule has 3 N–H and O–H groups in total. The van der Waals surface area contributed by atoms with E-state index in [0.717, 1.165) is 26.1 Å². The molecule has 0 aromatic rings. The summed E-state index contributed by atoms with van der Waals surface area (Å²) in [5, 5.41) is 9.24. The summed E-state index contributed by atoms with van der Waals surface area (Å²) in [4.78, 5) is 2.26. The SMILES string of the molecule is CCN1CCC(O)C(N)C1.Cl. The lowest BCUT2D eigenvalue weighted by atomic mass is 10.0. The fourth-order valence-electron chi connectivity index (χ4n) is 1.33. The molecule has 2 atom stereocenters. The average Bonchev–Trinajstić information content (AvgIpc) is 1.95. The Morgan fingerprint density at radius 3 is 2.73 bits per heavy atom. The van der Waals surface area contributed by atoms with Crippen LogP contribution in [0.5, 0.6) is 0 Å². The van der Waals surface area contributed by atoms with E-state index < -0.39 is 0 Å². The summed E-state index contributed by atoms with van der Waals surface area (Å²) in [7, 11) is 0. The van der Waals surface area contributed by atoms with E-state index in [1.54, 1.807) is 0 Å². The first-order valence-corrected chi connectivity index (χ1v) is 3.90. The molecule has 0 saturated carbocycles. The molecule has 1 saturated heterocycles. The van der Waals surface area contributed by atoms with Crippen LogP contribution < -0.4 is 5.73 Å². The maximum absolute atomic E-state index is 9.24. The monoisotopic (exact) mass is 180 g/mol. The number of aliphatic hydroxyl groups excluding tert-OH is 1. The number of halogens is 1. The topological polar surface area (TPSA) is 49.5 Å². The normalized spacial score (nSPS) is 33.0. The molecule has 1 aliphatic rings. The number of nitrogens with two attached hydrogens (primary N) is 1. The van der Waals surface area contributed by atoms with Gasteiger partial charge in [0.1, 0.15) is 0 Å². The molecule has 0 aromatic carbocycles. The second kappa shape index (κ2) is 4.93. The predicted molar refractivity (Wildman–Crippen MR) is 48.0 cm³/mol. The van der Waals surface area contributed by atoms with Gasteiger partial charge >= 0.3 is 0 Å². The number of aliphatic hydroxyl groups is 1. The van der Waals surface area contributed by atoms with Crippen molar-refractivity contribution in [2.75, 3.05) is 19.6 Å². The summed E-state index contributed by atoms with van der Waals surface area (Å²) < 4.78 is 0. The van der Waals surface area contributed by atoms with Crippen LogP contribution >= 0.6 is 12.4 Å². The lowest BCUT2D eigenvalue weighted by Gasteiger charge is -2.33. The smallest absolute Gasteiger partial charge is 0.0715 e. The van der Waals surface area contributed by atoms with Gasteiger partial charge in [-0.2, -0.15) is 0 Å². The number of likely N-dealkylation sites (N-methyl/N-ethyl adjacent to an activating group) is 1. The van der Waals surface area contributed by atoms with E-state index in [0.29, 0.717) is 0 Å². The maximum Gasteiger partial charge on any atom is 0.0715 e. The van der Waals surface area contributed by atoms with E-state index in [9.17, 15) is 5.11 Å². The quantitative estimate of drug-likeness (QED) is 0.589. The Morgan fingerprint density at radius 1 is 1.64 bits per heavy atom. The Bertz CT molecular complexity index is 113. The van der Waals surface area contributed by atoms with E-state index in [4.69, 9.17) is 5.73 Å². The van der Waals surface area contributed by atoms with Crippen molar-refractivity contribution < 1.29 is 5.11 Å². The van der Waals surface area contributed by atoms with Crippen molar-refractivity contribution in [3.05, 3.63) is 0 Å². The van der Waals surface area contributed by atoms with E-state index in [1.165, 1.54) is 0 Å². The summed E-state index contributed by atoms with van der Waals surface area (Å²) in [6.07, 6.45) is 0.553. The van der Waals surface area contributed by atoms with Gasteiger partial charge in [0.05, 0.1) is 6.10 Å². The summed E-state index contributed by atoms with van der Waals surface area (Å²) in [5.41, 5.74) is 5.65. The van der Waals surface area contributed by atoms with Crippen molar-refractivity contribution in [2.45, 2.75) is 25.5 Å². The molecule has 0 spiro atoms. The molecule has 0 radical (unpaired) electrons. The Hall–Kier alpha value is 0.170. The van der Waals surface area contributed by atoms with Crippen LogP contribution in [0.1, 0.15) is 13.3 Å². The van der Waals surface area contributed by atoms with Crippen LogP contribution in [0.25, 0.3) is 0 Å². The third-order valence-electron chi connectivity index (χ3n) is 2.15. The molecule has 11 heavy (non-hydrogen) atoms. The highest BCUT2D eigenvalue weighted by molar-refractivity contribution is 5.85. The number of rotatable bonds is 1. The second-order valence-corrected chi connectivity index (χ2v) is 2.91. The number of piperidine rings is 1. The molecule has 0 aromatic heterocycles. The van der Waals surface area contributed by atoms with Crippen LogP contribution in [0, 0.1) is 0 Å². The van der Waals surface area contributed by atoms with Gasteiger partial charge in [0.25, 0.3) is 0 Å². The first-order valence-electron chi connectivity index (χ1n) is 3.90. The Morgan fingerprint density at radius 2 is 2.27 bits per heavy atom. The Kier molecular flexibility index (Phi) is 5.01. The average molecular weight is 181 g/mol. The molecular formula is C7H17ClN2O. The van der Waals surface area contributed by atoms with Crippen molar-refractivity contribution in [2.24, 2.45) is 5.73 Å². The van der Waals surface area contributed by atoms with Gasteiger partial charge in [-0.25, -0.2) is 0 Å². The third kappa shape index (κ3) is 2.95. The molecule has 68 valence electrons. The van der Waals surface area contributed by atoms with Crippen LogP contribution in [0.15, 0.2) is 0 Å². The number of likely N-dealkylation sites (tertiary alicyclic amines) is 1. The van der Waals surface area contributed by atoms with Gasteiger partial charge < -0.3 is 15.7 Å². The minimum atomic E-state index is -0.275. The van der Waals surface area contributed by atoms with E-state index >= 15 is 0 Å². The zero-order chi connectivity index (χ0) is 7.56. The molecule has 1 aliphatic heterocycles. The second-order valence-electron chi connectivity index (χ2n) is 2.91. The van der Waals surface area contributed by atoms with E-state index in [-0.39, 0.29) is 24.6 Å². The molecule has 1 fully saturated rings. The van der Waals surface area contributed by atoms with Crippen LogP contribution in [0.3, 0.4) is 0 Å². The summed E-state index contributed by atoms with van der Waals surface area (Å²) in [6, 6.07) is -0.0336. The lowest BCUT2D eigenvalue weighted by molar-refractivity contribution is 0.0650. The van der Waals surface area contributed by atoms with Gasteiger partial charge in [0.2, 0.25) is 0 Å². The van der Waals surface area contributed by atoms with Crippen LogP contribution in [0.2, 0.25) is 0 Å². The molecule has 1 heterocycles. The predicted octanol–water partition coefficient (Wildman–Crippen LogP) is -0.178. The van der Waals surface area contributed by atoms with Crippen LogP contribution in [0.4, 0.5) is 0 Å². The molecule has 0 bridgehead atoms. The van der Waals surface area contributed by atoms with Gasteiger partial charge in [-0.05, 0) is 13.0 Å². The Balaban J connectivity index is 0.000001000. The standard InChI is InChI=1S/C7H16N2O.ClH/c1-2-9-4-3-7(10)6(8)5-9;/h6-7,10H,2-5,8H2,1H3;1H. The van der Waals surface area contributed by atoms with Crippen molar-refractivity contribution in [3.8, 4) is 0 Å². The maximum atomic E-state index is 9.24. The summed E-state index contributed by atoms with van der Waals surface area (Å²) in [6.45, 7) is 4.99. The lowest BCUT2D eigenvalue weighted by Crippen LogP contribution is -2.51. The highest BCUT2D eigenvalue weighted by Gasteiger charge is 2.22. The number of hydrogen-bond donors (Lipinski definition) is 2. The van der Waals surface area contributed by atoms with Crippen molar-refractivity contribution in [1.29, 1.82) is 0 Å². The van der Waals surface area contributed by atoms with Crippen molar-refractivity contribution >= 4 is 12.4 Å².